The number of nitrogens with one attached hydrogen (secondary N) is 1. The number of aromatic amines is 1. The summed E-state index contributed by atoms with van der Waals surface area (Å²) >= 11 is 0. The first-order valence-corrected chi connectivity index (χ1v) is 4.62. The third kappa shape index (κ3) is 2.26. The van der Waals surface area contributed by atoms with Gasteiger partial charge in [0, 0.05) is 18.0 Å². The monoisotopic (exact) mass is 243 g/mol. The number of nitrogens with two attached hydrogens (primary N) is 1. The molecule has 0 saturated carbocycles. The zero-order valence-electron chi connectivity index (χ0n) is 8.44. The van der Waals surface area contributed by atoms with Gasteiger partial charge in [-0.3, -0.25) is 10.1 Å². The molecule has 0 aliphatic rings. The number of rotatable bonds is 2. The van der Waals surface area contributed by atoms with Gasteiger partial charge in [0.05, 0.1) is 11.6 Å². The zero-order valence-corrected chi connectivity index (χ0v) is 8.44. The standard InChI is InChI=1S/C9H8F3N5/c10-9(11,12)6-1-2-14-3-5(6)7(13)8-15-4-16-17-8/h1-4,7H,13H2,(H,15,16,17). The molecule has 0 aromatic carbocycles. The van der Waals surface area contributed by atoms with Crippen molar-refractivity contribution in [1.29, 1.82) is 0 Å². The Kier molecular flexibility index (Phi) is 2.80. The molecule has 2 aromatic rings. The Morgan fingerprint density at radius 2 is 2.12 bits per heavy atom. The van der Waals surface area contributed by atoms with Crippen molar-refractivity contribution < 1.29 is 13.2 Å². The Labute approximate surface area is 93.9 Å². The number of pyridine rings is 1. The van der Waals surface area contributed by atoms with Crippen molar-refractivity contribution in [3.05, 3.63) is 41.7 Å². The number of hydrogen-bond donors (Lipinski definition) is 2. The minimum atomic E-state index is -4.48. The molecule has 1 unspecified atom stereocenters. The Hall–Kier alpha value is -1.96. The fraction of sp³-hybridized carbons (Fsp3) is 0.222. The van der Waals surface area contributed by atoms with Crippen molar-refractivity contribution in [2.75, 3.05) is 0 Å². The molecular formula is C9H8F3N5. The predicted octanol–water partition coefficient (Wildman–Crippen LogP) is 1.27. The summed E-state index contributed by atoms with van der Waals surface area (Å²) in [6, 6.07) is -0.159. The molecule has 0 radical (unpaired) electrons. The Bertz CT molecular complexity index is 494. The molecule has 5 nitrogen and oxygen atoms in total. The van der Waals surface area contributed by atoms with E-state index in [2.05, 4.69) is 20.2 Å². The molecule has 0 saturated heterocycles. The van der Waals surface area contributed by atoms with Crippen LogP contribution in [0.15, 0.2) is 24.8 Å². The predicted molar refractivity (Wildman–Crippen MR) is 51.7 cm³/mol. The number of H-pyrrole nitrogens is 1. The molecular weight excluding hydrogens is 235 g/mol. The van der Waals surface area contributed by atoms with E-state index in [-0.39, 0.29) is 11.4 Å². The molecule has 1 atom stereocenters. The lowest BCUT2D eigenvalue weighted by atomic mass is 10.0. The smallest absolute Gasteiger partial charge is 0.318 e. The lowest BCUT2D eigenvalue weighted by Crippen LogP contribution is -2.19. The van der Waals surface area contributed by atoms with E-state index in [4.69, 9.17) is 5.73 Å². The number of nitrogens with zero attached hydrogens (tertiary/aromatic N) is 3. The maximum Gasteiger partial charge on any atom is 0.416 e. The van der Waals surface area contributed by atoms with Crippen molar-refractivity contribution in [2.24, 2.45) is 5.73 Å². The Morgan fingerprint density at radius 3 is 2.71 bits per heavy atom. The van der Waals surface area contributed by atoms with E-state index >= 15 is 0 Å². The van der Waals surface area contributed by atoms with Crippen LogP contribution in [0, 0.1) is 0 Å². The molecule has 0 spiro atoms. The van der Waals surface area contributed by atoms with E-state index in [1.807, 2.05) is 0 Å². The molecule has 8 heteroatoms. The quantitative estimate of drug-likeness (QED) is 0.832. The minimum absolute atomic E-state index is 0.142. The van der Waals surface area contributed by atoms with Crippen molar-refractivity contribution in [1.82, 2.24) is 20.2 Å². The summed E-state index contributed by atoms with van der Waals surface area (Å²) in [5, 5.41) is 5.98. The van der Waals surface area contributed by atoms with Crippen LogP contribution >= 0.6 is 0 Å². The second-order valence-corrected chi connectivity index (χ2v) is 3.31. The van der Waals surface area contributed by atoms with E-state index in [0.29, 0.717) is 0 Å². The van der Waals surface area contributed by atoms with Crippen LogP contribution in [0.2, 0.25) is 0 Å². The van der Waals surface area contributed by atoms with E-state index in [1.54, 1.807) is 0 Å². The highest BCUT2D eigenvalue weighted by Gasteiger charge is 2.35. The number of hydrogen-bond acceptors (Lipinski definition) is 4. The van der Waals surface area contributed by atoms with Crippen LogP contribution < -0.4 is 5.73 Å². The molecule has 0 bridgehead atoms. The molecule has 0 amide bonds. The Morgan fingerprint density at radius 1 is 1.35 bits per heavy atom. The molecule has 2 heterocycles. The average Bonchev–Trinajstić information content (AvgIpc) is 2.80. The van der Waals surface area contributed by atoms with Gasteiger partial charge in [0.25, 0.3) is 0 Å². The van der Waals surface area contributed by atoms with Gasteiger partial charge in [-0.15, -0.1) is 0 Å². The third-order valence-corrected chi connectivity index (χ3v) is 2.22. The van der Waals surface area contributed by atoms with E-state index in [9.17, 15) is 13.2 Å². The topological polar surface area (TPSA) is 80.5 Å². The van der Waals surface area contributed by atoms with Gasteiger partial charge in [-0.05, 0) is 6.07 Å². The highest BCUT2D eigenvalue weighted by atomic mass is 19.4. The van der Waals surface area contributed by atoms with Crippen LogP contribution in [-0.2, 0) is 6.18 Å². The first-order valence-electron chi connectivity index (χ1n) is 4.62. The van der Waals surface area contributed by atoms with Gasteiger partial charge in [-0.2, -0.15) is 18.3 Å². The first kappa shape index (κ1) is 11.5. The molecule has 3 N–H and O–H groups in total. The molecule has 17 heavy (non-hydrogen) atoms. The number of halogens is 3. The summed E-state index contributed by atoms with van der Waals surface area (Å²) in [7, 11) is 0. The van der Waals surface area contributed by atoms with Crippen LogP contribution in [0.5, 0.6) is 0 Å². The van der Waals surface area contributed by atoms with E-state index < -0.39 is 17.8 Å². The lowest BCUT2D eigenvalue weighted by Gasteiger charge is -2.15. The molecule has 2 aromatic heterocycles. The number of aromatic nitrogens is 4. The molecule has 0 aliphatic carbocycles. The third-order valence-electron chi connectivity index (χ3n) is 2.22. The summed E-state index contributed by atoms with van der Waals surface area (Å²) in [5.74, 6) is 0.156. The average molecular weight is 243 g/mol. The lowest BCUT2D eigenvalue weighted by molar-refractivity contribution is -0.138. The van der Waals surface area contributed by atoms with Gasteiger partial charge >= 0.3 is 6.18 Å². The summed E-state index contributed by atoms with van der Waals surface area (Å²) in [5.41, 5.74) is 4.72. The van der Waals surface area contributed by atoms with Gasteiger partial charge in [-0.1, -0.05) is 0 Å². The summed E-state index contributed by atoms with van der Waals surface area (Å²) in [4.78, 5) is 7.38. The first-order chi connectivity index (χ1) is 8.00. The van der Waals surface area contributed by atoms with Crippen molar-refractivity contribution in [3.63, 3.8) is 0 Å². The van der Waals surface area contributed by atoms with Crippen LogP contribution in [0.25, 0.3) is 0 Å². The highest BCUT2D eigenvalue weighted by molar-refractivity contribution is 5.32. The maximum atomic E-state index is 12.7. The summed E-state index contributed by atoms with van der Waals surface area (Å²) < 4.78 is 38.2. The molecule has 0 fully saturated rings. The fourth-order valence-corrected chi connectivity index (χ4v) is 1.42. The summed E-state index contributed by atoms with van der Waals surface area (Å²) in [6.45, 7) is 0. The number of alkyl halides is 3. The summed E-state index contributed by atoms with van der Waals surface area (Å²) in [6.07, 6.45) is -1.15. The molecule has 0 aliphatic heterocycles. The highest BCUT2D eigenvalue weighted by Crippen LogP contribution is 2.34. The van der Waals surface area contributed by atoms with Gasteiger partial charge in [-0.25, -0.2) is 4.98 Å². The molecule has 90 valence electrons. The normalized spacial score (nSPS) is 13.6. The minimum Gasteiger partial charge on any atom is -0.318 e. The maximum absolute atomic E-state index is 12.7. The van der Waals surface area contributed by atoms with Crippen LogP contribution in [-0.4, -0.2) is 20.2 Å². The van der Waals surface area contributed by atoms with Gasteiger partial charge in [0.2, 0.25) is 0 Å². The molecule has 2 rings (SSSR count). The van der Waals surface area contributed by atoms with E-state index in [0.717, 1.165) is 18.5 Å². The van der Waals surface area contributed by atoms with Crippen LogP contribution in [0.3, 0.4) is 0 Å². The van der Waals surface area contributed by atoms with Gasteiger partial charge < -0.3 is 5.73 Å². The van der Waals surface area contributed by atoms with E-state index in [1.165, 1.54) is 6.33 Å². The van der Waals surface area contributed by atoms with Crippen molar-refractivity contribution in [3.8, 4) is 0 Å². The van der Waals surface area contributed by atoms with Crippen LogP contribution in [0.4, 0.5) is 13.2 Å². The van der Waals surface area contributed by atoms with Crippen LogP contribution in [0.1, 0.15) is 23.0 Å². The second-order valence-electron chi connectivity index (χ2n) is 3.31. The SMILES string of the molecule is NC(c1ncn[nH]1)c1cnccc1C(F)(F)F. The fourth-order valence-electron chi connectivity index (χ4n) is 1.42. The largest absolute Gasteiger partial charge is 0.416 e. The Balaban J connectivity index is 2.46. The van der Waals surface area contributed by atoms with Crippen molar-refractivity contribution in [2.45, 2.75) is 12.2 Å². The van der Waals surface area contributed by atoms with Crippen molar-refractivity contribution >= 4 is 0 Å². The van der Waals surface area contributed by atoms with Gasteiger partial charge in [0.1, 0.15) is 12.2 Å². The zero-order chi connectivity index (χ0) is 12.5. The second kappa shape index (κ2) is 4.13. The van der Waals surface area contributed by atoms with Gasteiger partial charge in [0.15, 0.2) is 0 Å².